The number of rotatable bonds is 8. The Morgan fingerprint density at radius 3 is 2.57 bits per heavy atom. The van der Waals surface area contributed by atoms with Gasteiger partial charge in [-0.3, -0.25) is 9.59 Å². The van der Waals surface area contributed by atoms with Gasteiger partial charge >= 0.3 is 0 Å². The first kappa shape index (κ1) is 17.0. The molecule has 0 aromatic heterocycles. The maximum atomic E-state index is 11.9. The van der Waals surface area contributed by atoms with Crippen molar-refractivity contribution < 1.29 is 14.3 Å². The van der Waals surface area contributed by atoms with Crippen molar-refractivity contribution in [3.05, 3.63) is 29.8 Å². The summed E-state index contributed by atoms with van der Waals surface area (Å²) in [6.07, 6.45) is 0.723. The fourth-order valence-corrected chi connectivity index (χ4v) is 1.95. The lowest BCUT2D eigenvalue weighted by Crippen LogP contribution is -2.40. The van der Waals surface area contributed by atoms with Crippen molar-refractivity contribution in [2.45, 2.75) is 26.3 Å². The van der Waals surface area contributed by atoms with E-state index in [2.05, 4.69) is 10.6 Å². The molecule has 0 saturated carbocycles. The van der Waals surface area contributed by atoms with E-state index >= 15 is 0 Å². The second-order valence-electron chi connectivity index (χ2n) is 4.48. The summed E-state index contributed by atoms with van der Waals surface area (Å²) in [5, 5.41) is 5.33. The lowest BCUT2D eigenvalue weighted by molar-refractivity contribution is -0.125. The van der Waals surface area contributed by atoms with Gasteiger partial charge in [0.2, 0.25) is 11.8 Å². The maximum Gasteiger partial charge on any atom is 0.239 e. The van der Waals surface area contributed by atoms with Crippen LogP contribution in [0.1, 0.15) is 31.9 Å². The zero-order chi connectivity index (χ0) is 15.7. The summed E-state index contributed by atoms with van der Waals surface area (Å²) in [4.78, 5) is 22.9. The number of carbonyl (C=O) groups excluding carboxylic acids is 2. The van der Waals surface area contributed by atoms with Gasteiger partial charge in [0.05, 0.1) is 25.7 Å². The van der Waals surface area contributed by atoms with Gasteiger partial charge in [-0.2, -0.15) is 0 Å². The average molecular weight is 293 g/mol. The molecule has 21 heavy (non-hydrogen) atoms. The molecule has 116 valence electrons. The number of benzene rings is 1. The van der Waals surface area contributed by atoms with Crippen molar-refractivity contribution in [1.82, 2.24) is 10.6 Å². The van der Waals surface area contributed by atoms with Crippen LogP contribution in [0.25, 0.3) is 0 Å². The molecule has 0 saturated heterocycles. The summed E-state index contributed by atoms with van der Waals surface area (Å²) >= 11 is 0. The van der Waals surface area contributed by atoms with Crippen molar-refractivity contribution in [2.24, 2.45) is 5.73 Å². The zero-order valence-corrected chi connectivity index (χ0v) is 12.5. The SMILES string of the molecule is CCOc1ccccc1C(CC)NC(=O)CNC(=O)CN. The molecular formula is C15H23N3O3. The molecule has 0 heterocycles. The first-order valence-corrected chi connectivity index (χ1v) is 7.10. The molecule has 1 rings (SSSR count). The van der Waals surface area contributed by atoms with Crippen LogP contribution >= 0.6 is 0 Å². The summed E-state index contributed by atoms with van der Waals surface area (Å²) in [6, 6.07) is 7.45. The number of carbonyl (C=O) groups is 2. The van der Waals surface area contributed by atoms with Crippen LogP contribution in [0.2, 0.25) is 0 Å². The van der Waals surface area contributed by atoms with Gasteiger partial charge in [0, 0.05) is 5.56 Å². The third-order valence-electron chi connectivity index (χ3n) is 2.97. The Hall–Kier alpha value is -2.08. The molecule has 0 bridgehead atoms. The molecule has 1 aromatic rings. The molecule has 0 aliphatic heterocycles. The number of nitrogens with two attached hydrogens (primary N) is 1. The van der Waals surface area contributed by atoms with Gasteiger partial charge in [0.25, 0.3) is 0 Å². The lowest BCUT2D eigenvalue weighted by atomic mass is 10.0. The molecule has 4 N–H and O–H groups in total. The summed E-state index contributed by atoms with van der Waals surface area (Å²) in [5.74, 6) is 0.154. The van der Waals surface area contributed by atoms with Crippen molar-refractivity contribution in [1.29, 1.82) is 0 Å². The molecule has 0 radical (unpaired) electrons. The standard InChI is InChI=1S/C15H23N3O3/c1-3-12(18-15(20)10-17-14(19)9-16)11-7-5-6-8-13(11)21-4-2/h5-8,12H,3-4,9-10,16H2,1-2H3,(H,17,19)(H,18,20). The molecular weight excluding hydrogens is 270 g/mol. The molecule has 0 fully saturated rings. The first-order valence-electron chi connectivity index (χ1n) is 7.10. The fraction of sp³-hybridized carbons (Fsp3) is 0.467. The fourth-order valence-electron chi connectivity index (χ4n) is 1.95. The van der Waals surface area contributed by atoms with Crippen molar-refractivity contribution in [2.75, 3.05) is 19.7 Å². The van der Waals surface area contributed by atoms with Crippen LogP contribution in [-0.4, -0.2) is 31.5 Å². The molecule has 6 nitrogen and oxygen atoms in total. The highest BCUT2D eigenvalue weighted by molar-refractivity contribution is 5.85. The summed E-state index contributed by atoms with van der Waals surface area (Å²) in [6.45, 7) is 4.25. The quantitative estimate of drug-likeness (QED) is 0.658. The normalized spacial score (nSPS) is 11.6. The Labute approximate surface area is 125 Å². The topological polar surface area (TPSA) is 93.5 Å². The van der Waals surface area contributed by atoms with Gasteiger partial charge in [-0.15, -0.1) is 0 Å². The highest BCUT2D eigenvalue weighted by Crippen LogP contribution is 2.27. The molecule has 0 spiro atoms. The van der Waals surface area contributed by atoms with E-state index in [1.807, 2.05) is 38.1 Å². The van der Waals surface area contributed by atoms with E-state index in [-0.39, 0.29) is 30.9 Å². The van der Waals surface area contributed by atoms with Crippen LogP contribution in [0, 0.1) is 0 Å². The molecule has 6 heteroatoms. The first-order chi connectivity index (χ1) is 10.1. The molecule has 1 aromatic carbocycles. The lowest BCUT2D eigenvalue weighted by Gasteiger charge is -2.20. The third-order valence-corrected chi connectivity index (χ3v) is 2.97. The Bertz CT molecular complexity index is 477. The number of hydrogen-bond donors (Lipinski definition) is 3. The second kappa shape index (κ2) is 8.97. The summed E-state index contributed by atoms with van der Waals surface area (Å²) < 4.78 is 5.58. The van der Waals surface area contributed by atoms with E-state index in [4.69, 9.17) is 10.5 Å². The van der Waals surface area contributed by atoms with Gasteiger partial charge in [0.15, 0.2) is 0 Å². The third kappa shape index (κ3) is 5.43. The van der Waals surface area contributed by atoms with E-state index in [1.165, 1.54) is 0 Å². The highest BCUT2D eigenvalue weighted by Gasteiger charge is 2.16. The zero-order valence-electron chi connectivity index (χ0n) is 12.5. The van der Waals surface area contributed by atoms with Crippen molar-refractivity contribution >= 4 is 11.8 Å². The molecule has 0 aliphatic rings. The maximum absolute atomic E-state index is 11.9. The minimum atomic E-state index is -0.354. The largest absolute Gasteiger partial charge is 0.494 e. The van der Waals surface area contributed by atoms with E-state index < -0.39 is 0 Å². The van der Waals surface area contributed by atoms with Crippen LogP contribution in [0.15, 0.2) is 24.3 Å². The van der Waals surface area contributed by atoms with E-state index in [9.17, 15) is 9.59 Å². The van der Waals surface area contributed by atoms with Gasteiger partial charge < -0.3 is 21.1 Å². The number of para-hydroxylation sites is 1. The minimum absolute atomic E-state index is 0.0800. The Balaban J connectivity index is 2.70. The Morgan fingerprint density at radius 1 is 1.24 bits per heavy atom. The Morgan fingerprint density at radius 2 is 1.95 bits per heavy atom. The molecule has 2 amide bonds. The average Bonchev–Trinajstić information content (AvgIpc) is 2.51. The number of ether oxygens (including phenoxy) is 1. The van der Waals surface area contributed by atoms with Crippen LogP contribution in [0.3, 0.4) is 0 Å². The molecule has 0 aliphatic carbocycles. The predicted molar refractivity (Wildman–Crippen MR) is 80.8 cm³/mol. The van der Waals surface area contributed by atoms with Gasteiger partial charge in [-0.25, -0.2) is 0 Å². The van der Waals surface area contributed by atoms with Crippen LogP contribution in [0.4, 0.5) is 0 Å². The number of hydrogen-bond acceptors (Lipinski definition) is 4. The van der Waals surface area contributed by atoms with Crippen LogP contribution in [-0.2, 0) is 9.59 Å². The number of amides is 2. The van der Waals surface area contributed by atoms with Crippen molar-refractivity contribution in [3.8, 4) is 5.75 Å². The van der Waals surface area contributed by atoms with Crippen molar-refractivity contribution in [3.63, 3.8) is 0 Å². The predicted octanol–water partition coefficient (Wildman–Crippen LogP) is 0.728. The monoisotopic (exact) mass is 293 g/mol. The van der Waals surface area contributed by atoms with Crippen LogP contribution in [0.5, 0.6) is 5.75 Å². The smallest absolute Gasteiger partial charge is 0.239 e. The minimum Gasteiger partial charge on any atom is -0.494 e. The van der Waals surface area contributed by atoms with Gasteiger partial charge in [0.1, 0.15) is 5.75 Å². The van der Waals surface area contributed by atoms with E-state index in [0.29, 0.717) is 6.61 Å². The summed E-state index contributed by atoms with van der Waals surface area (Å²) in [5.41, 5.74) is 6.10. The van der Waals surface area contributed by atoms with Gasteiger partial charge in [-0.05, 0) is 19.4 Å². The summed E-state index contributed by atoms with van der Waals surface area (Å²) in [7, 11) is 0. The number of nitrogens with one attached hydrogen (secondary N) is 2. The molecule has 1 atom stereocenters. The van der Waals surface area contributed by atoms with Crippen LogP contribution < -0.4 is 21.1 Å². The second-order valence-corrected chi connectivity index (χ2v) is 4.48. The molecule has 1 unspecified atom stereocenters. The van der Waals surface area contributed by atoms with Gasteiger partial charge in [-0.1, -0.05) is 25.1 Å². The van der Waals surface area contributed by atoms with E-state index in [1.54, 1.807) is 0 Å². The van der Waals surface area contributed by atoms with E-state index in [0.717, 1.165) is 17.7 Å². The highest BCUT2D eigenvalue weighted by atomic mass is 16.5. The Kier molecular flexibility index (Phi) is 7.25.